The van der Waals surface area contributed by atoms with E-state index in [2.05, 4.69) is 10.2 Å². The summed E-state index contributed by atoms with van der Waals surface area (Å²) in [5.41, 5.74) is -1.71. The van der Waals surface area contributed by atoms with Crippen LogP contribution in [0.1, 0.15) is 58.3 Å². The highest BCUT2D eigenvalue weighted by Gasteiger charge is 2.44. The molecule has 0 aromatic carbocycles. The van der Waals surface area contributed by atoms with E-state index >= 15 is 4.39 Å². The molecule has 148 valence electrons. The second-order valence-corrected chi connectivity index (χ2v) is 7.87. The number of amides is 2. The molecule has 0 aromatic heterocycles. The first-order valence-corrected chi connectivity index (χ1v) is 10.2. The number of hydrogen-bond acceptors (Lipinski definition) is 4. The Bertz CT molecular complexity index is 504. The van der Waals surface area contributed by atoms with Gasteiger partial charge >= 0.3 is 6.09 Å². The molecule has 3 aliphatic rings. The lowest BCUT2D eigenvalue weighted by Gasteiger charge is -2.40. The number of rotatable bonds is 4. The van der Waals surface area contributed by atoms with Crippen LogP contribution in [0.2, 0.25) is 0 Å². The van der Waals surface area contributed by atoms with E-state index in [1.165, 1.54) is 0 Å². The normalized spacial score (nSPS) is 27.3. The lowest BCUT2D eigenvalue weighted by Crippen LogP contribution is -2.55. The van der Waals surface area contributed by atoms with E-state index in [4.69, 9.17) is 4.74 Å². The molecule has 6 nitrogen and oxygen atoms in total. The van der Waals surface area contributed by atoms with Crippen molar-refractivity contribution in [2.24, 2.45) is 0 Å². The minimum Gasteiger partial charge on any atom is -0.450 e. The molecular formula is C19H32FN3O3. The smallest absolute Gasteiger partial charge is 0.409 e. The number of nitrogens with zero attached hydrogens (tertiary/aromatic N) is 2. The van der Waals surface area contributed by atoms with E-state index in [-0.39, 0.29) is 25.0 Å². The number of nitrogens with one attached hydrogen (secondary N) is 1. The van der Waals surface area contributed by atoms with Gasteiger partial charge in [0, 0.05) is 51.1 Å². The van der Waals surface area contributed by atoms with Crippen LogP contribution in [0, 0.1) is 0 Å². The maximum absolute atomic E-state index is 15.1. The molecule has 2 saturated heterocycles. The topological polar surface area (TPSA) is 61.9 Å². The minimum atomic E-state index is -1.71. The van der Waals surface area contributed by atoms with Gasteiger partial charge < -0.3 is 19.9 Å². The van der Waals surface area contributed by atoms with Crippen molar-refractivity contribution in [1.82, 2.24) is 15.1 Å². The SMILES string of the molecule is CCOC(=O)N1CCCC(N2CCC(F)(C(=O)NC3CCC3)CC2)CC1. The number of carbonyl (C=O) groups is 2. The molecule has 1 atom stereocenters. The first-order valence-electron chi connectivity index (χ1n) is 10.2. The Hall–Kier alpha value is -1.37. The maximum Gasteiger partial charge on any atom is 0.409 e. The lowest BCUT2D eigenvalue weighted by atomic mass is 9.88. The second kappa shape index (κ2) is 8.55. The molecule has 1 unspecified atom stereocenters. The number of halogens is 1. The van der Waals surface area contributed by atoms with E-state index < -0.39 is 11.6 Å². The number of likely N-dealkylation sites (tertiary alicyclic amines) is 2. The maximum atomic E-state index is 15.1. The minimum absolute atomic E-state index is 0.184. The third-order valence-electron chi connectivity index (χ3n) is 6.18. The first-order chi connectivity index (χ1) is 12.5. The molecule has 0 aromatic rings. The highest BCUT2D eigenvalue weighted by molar-refractivity contribution is 5.85. The Kier molecular flexibility index (Phi) is 6.37. The van der Waals surface area contributed by atoms with Crippen LogP contribution in [0.15, 0.2) is 0 Å². The van der Waals surface area contributed by atoms with Crippen molar-refractivity contribution in [2.75, 3.05) is 32.8 Å². The van der Waals surface area contributed by atoms with Crippen LogP contribution < -0.4 is 5.32 Å². The molecular weight excluding hydrogens is 337 g/mol. The van der Waals surface area contributed by atoms with Gasteiger partial charge in [-0.25, -0.2) is 9.18 Å². The van der Waals surface area contributed by atoms with Crippen molar-refractivity contribution in [3.63, 3.8) is 0 Å². The van der Waals surface area contributed by atoms with Crippen molar-refractivity contribution < 1.29 is 18.7 Å². The second-order valence-electron chi connectivity index (χ2n) is 7.87. The number of hydrogen-bond donors (Lipinski definition) is 1. The summed E-state index contributed by atoms with van der Waals surface area (Å²) in [6.45, 7) is 4.84. The molecule has 2 aliphatic heterocycles. The van der Waals surface area contributed by atoms with Gasteiger partial charge in [-0.15, -0.1) is 0 Å². The number of ether oxygens (including phenoxy) is 1. The predicted molar refractivity (Wildman–Crippen MR) is 96.7 cm³/mol. The summed E-state index contributed by atoms with van der Waals surface area (Å²) >= 11 is 0. The molecule has 1 N–H and O–H groups in total. The van der Waals surface area contributed by atoms with Gasteiger partial charge in [-0.2, -0.15) is 0 Å². The lowest BCUT2D eigenvalue weighted by molar-refractivity contribution is -0.138. The summed E-state index contributed by atoms with van der Waals surface area (Å²) in [5.74, 6) is -0.406. The summed E-state index contributed by atoms with van der Waals surface area (Å²) in [5, 5.41) is 2.87. The standard InChI is InChI=1S/C19H32FN3O3/c1-2-26-18(25)23-11-4-7-16(8-12-23)22-13-9-19(20,10-14-22)17(24)21-15-5-3-6-15/h15-16H,2-14H2,1H3,(H,21,24). The Morgan fingerprint density at radius 1 is 1.08 bits per heavy atom. The summed E-state index contributed by atoms with van der Waals surface area (Å²) in [6.07, 6.45) is 6.20. The molecule has 3 fully saturated rings. The van der Waals surface area contributed by atoms with Crippen molar-refractivity contribution in [3.8, 4) is 0 Å². The van der Waals surface area contributed by atoms with Crippen LogP contribution in [-0.2, 0) is 9.53 Å². The number of carbonyl (C=O) groups excluding carboxylic acids is 2. The highest BCUT2D eigenvalue weighted by atomic mass is 19.1. The summed E-state index contributed by atoms with van der Waals surface area (Å²) in [7, 11) is 0. The fourth-order valence-electron chi connectivity index (χ4n) is 4.18. The zero-order chi connectivity index (χ0) is 18.6. The van der Waals surface area contributed by atoms with Gasteiger partial charge in [0.2, 0.25) is 0 Å². The molecule has 1 saturated carbocycles. The van der Waals surface area contributed by atoms with Crippen LogP contribution >= 0.6 is 0 Å². The Morgan fingerprint density at radius 2 is 1.81 bits per heavy atom. The van der Waals surface area contributed by atoms with Gasteiger partial charge in [-0.1, -0.05) is 0 Å². The molecule has 1 aliphatic carbocycles. The Balaban J connectivity index is 1.46. The zero-order valence-electron chi connectivity index (χ0n) is 15.8. The van der Waals surface area contributed by atoms with Crippen molar-refractivity contribution in [1.29, 1.82) is 0 Å². The monoisotopic (exact) mass is 369 g/mol. The van der Waals surface area contributed by atoms with E-state index in [9.17, 15) is 9.59 Å². The van der Waals surface area contributed by atoms with Gasteiger partial charge in [-0.05, 0) is 45.4 Å². The molecule has 0 bridgehead atoms. The van der Waals surface area contributed by atoms with Crippen molar-refractivity contribution >= 4 is 12.0 Å². The Morgan fingerprint density at radius 3 is 2.42 bits per heavy atom. The van der Waals surface area contributed by atoms with Crippen LogP contribution in [-0.4, -0.2) is 72.3 Å². The van der Waals surface area contributed by atoms with Crippen LogP contribution in [0.4, 0.5) is 9.18 Å². The van der Waals surface area contributed by atoms with Gasteiger partial charge in [0.05, 0.1) is 6.61 Å². The molecule has 2 amide bonds. The number of piperidine rings is 1. The highest BCUT2D eigenvalue weighted by Crippen LogP contribution is 2.31. The first kappa shape index (κ1) is 19.4. The molecule has 0 spiro atoms. The van der Waals surface area contributed by atoms with E-state index in [0.29, 0.717) is 32.3 Å². The van der Waals surface area contributed by atoms with E-state index in [1.807, 2.05) is 6.92 Å². The average Bonchev–Trinajstić information content (AvgIpc) is 2.85. The van der Waals surface area contributed by atoms with Gasteiger partial charge in [0.15, 0.2) is 5.67 Å². The predicted octanol–water partition coefficient (Wildman–Crippen LogP) is 2.47. The molecule has 3 rings (SSSR count). The third kappa shape index (κ3) is 4.48. The van der Waals surface area contributed by atoms with Gasteiger partial charge in [0.1, 0.15) is 0 Å². The summed E-state index contributed by atoms with van der Waals surface area (Å²) in [6, 6.07) is 0.539. The average molecular weight is 369 g/mol. The van der Waals surface area contributed by atoms with Gasteiger partial charge in [-0.3, -0.25) is 4.79 Å². The van der Waals surface area contributed by atoms with Crippen LogP contribution in [0.3, 0.4) is 0 Å². The van der Waals surface area contributed by atoms with Crippen LogP contribution in [0.5, 0.6) is 0 Å². The third-order valence-corrected chi connectivity index (χ3v) is 6.18. The fourth-order valence-corrected chi connectivity index (χ4v) is 4.18. The van der Waals surface area contributed by atoms with Gasteiger partial charge in [0.25, 0.3) is 5.91 Å². The van der Waals surface area contributed by atoms with E-state index in [0.717, 1.165) is 45.1 Å². The van der Waals surface area contributed by atoms with Crippen molar-refractivity contribution in [3.05, 3.63) is 0 Å². The molecule has 2 heterocycles. The van der Waals surface area contributed by atoms with E-state index in [1.54, 1.807) is 4.90 Å². The molecule has 26 heavy (non-hydrogen) atoms. The van der Waals surface area contributed by atoms with Crippen molar-refractivity contribution in [2.45, 2.75) is 76.0 Å². The largest absolute Gasteiger partial charge is 0.450 e. The van der Waals surface area contributed by atoms with Crippen LogP contribution in [0.25, 0.3) is 0 Å². The molecule has 7 heteroatoms. The summed E-state index contributed by atoms with van der Waals surface area (Å²) in [4.78, 5) is 28.3. The quantitative estimate of drug-likeness (QED) is 0.827. The Labute approximate surface area is 155 Å². The summed E-state index contributed by atoms with van der Waals surface area (Å²) < 4.78 is 20.1. The molecule has 0 radical (unpaired) electrons. The fraction of sp³-hybridized carbons (Fsp3) is 0.895. The zero-order valence-corrected chi connectivity index (χ0v) is 15.8. The number of alkyl halides is 1.